The first-order chi connectivity index (χ1) is 31.6. The van der Waals surface area contributed by atoms with Crippen molar-refractivity contribution < 1.29 is 97.2 Å². The van der Waals surface area contributed by atoms with Crippen LogP contribution in [0.15, 0.2) is 0 Å². The van der Waals surface area contributed by atoms with Crippen molar-refractivity contribution in [2.24, 2.45) is 5.92 Å². The molecule has 3 heterocycles. The van der Waals surface area contributed by atoms with Crippen LogP contribution in [0.5, 0.6) is 0 Å². The van der Waals surface area contributed by atoms with Gasteiger partial charge >= 0.3 is 24.4 Å². The molecule has 0 aromatic heterocycles. The smallest absolute Gasteiger partial charge is 0.408 e. The largest absolute Gasteiger partial charge is 0.444 e. The molecule has 3 unspecified atom stereocenters. The summed E-state index contributed by atoms with van der Waals surface area (Å²) in [5.74, 6) is -1.000. The van der Waals surface area contributed by atoms with Gasteiger partial charge in [-0.3, -0.25) is 0 Å². The Balaban J connectivity index is 1.71. The van der Waals surface area contributed by atoms with E-state index < -0.39 is 163 Å². The lowest BCUT2D eigenvalue weighted by Crippen LogP contribution is -2.68. The summed E-state index contributed by atoms with van der Waals surface area (Å²) in [5, 5.41) is 78.9. The SMILES string of the molecule is CC[C@@H]1OC(O[C@H]2[C@@H](O)[C@H](O[C@H]3C(O[C@H]4O[C@H](CNC(=O)OC(C)(C)C)[C@@H](O)[C@H](O)[C@H]4C)[C@@H](NC(=O)OC(C)(C)C)C[C@@H](NC(=O)OC(C)(C)C)[C@@H]3O)O[C@@H]2C)[C@H](NC(=O)OC(C)(C)C)[C@@H](O)C1O. The summed E-state index contributed by atoms with van der Waals surface area (Å²) in [6.45, 7) is 24.1. The summed E-state index contributed by atoms with van der Waals surface area (Å²) in [6, 6.07) is -3.88. The molecule has 19 atom stereocenters. The summed E-state index contributed by atoms with van der Waals surface area (Å²) in [7, 11) is 0. The van der Waals surface area contributed by atoms with Gasteiger partial charge in [0.1, 0.15) is 83.4 Å². The van der Waals surface area contributed by atoms with Gasteiger partial charge in [-0.05, 0) is 103 Å². The fraction of sp³-hybridized carbons (Fsp3) is 0.911. The zero-order valence-electron chi connectivity index (χ0n) is 42.5. The molecule has 24 nitrogen and oxygen atoms in total. The topological polar surface area (TPSA) is 330 Å². The highest BCUT2D eigenvalue weighted by Crippen LogP contribution is 2.37. The fourth-order valence-corrected chi connectivity index (χ4v) is 8.18. The predicted molar refractivity (Wildman–Crippen MR) is 240 cm³/mol. The Morgan fingerprint density at radius 1 is 0.493 bits per heavy atom. The highest BCUT2D eigenvalue weighted by atomic mass is 16.8. The van der Waals surface area contributed by atoms with Crippen LogP contribution >= 0.6 is 0 Å². The molecule has 4 fully saturated rings. The Morgan fingerprint density at radius 2 is 0.942 bits per heavy atom. The van der Waals surface area contributed by atoms with Crippen molar-refractivity contribution in [2.75, 3.05) is 6.54 Å². The zero-order chi connectivity index (χ0) is 52.3. The van der Waals surface area contributed by atoms with Gasteiger partial charge in [-0.15, -0.1) is 0 Å². The number of carbonyl (C=O) groups excluding carboxylic acids is 4. The second-order valence-corrected chi connectivity index (χ2v) is 22.1. The van der Waals surface area contributed by atoms with E-state index in [1.165, 1.54) is 13.8 Å². The monoisotopic (exact) mass is 997 g/mol. The highest BCUT2D eigenvalue weighted by Gasteiger charge is 2.56. The van der Waals surface area contributed by atoms with E-state index >= 15 is 0 Å². The molecule has 0 radical (unpaired) electrons. The van der Waals surface area contributed by atoms with Crippen molar-refractivity contribution >= 4 is 24.4 Å². The number of ether oxygens (including phenoxy) is 10. The van der Waals surface area contributed by atoms with Crippen molar-refractivity contribution in [1.82, 2.24) is 21.3 Å². The van der Waals surface area contributed by atoms with E-state index in [9.17, 15) is 49.8 Å². The summed E-state index contributed by atoms with van der Waals surface area (Å²) < 4.78 is 59.3. The first-order valence-corrected chi connectivity index (χ1v) is 23.5. The molecular weight excluding hydrogens is 917 g/mol. The number of alkyl carbamates (subject to hydrolysis) is 4. The molecule has 400 valence electrons. The average molecular weight is 997 g/mol. The molecule has 1 saturated carbocycles. The Bertz CT molecular complexity index is 1720. The van der Waals surface area contributed by atoms with Crippen LogP contribution in [0.3, 0.4) is 0 Å². The van der Waals surface area contributed by atoms with E-state index in [-0.39, 0.29) is 19.4 Å². The molecule has 4 aliphatic rings. The lowest BCUT2D eigenvalue weighted by molar-refractivity contribution is -0.319. The van der Waals surface area contributed by atoms with Gasteiger partial charge in [0.2, 0.25) is 0 Å². The van der Waals surface area contributed by atoms with Crippen molar-refractivity contribution in [3.63, 3.8) is 0 Å². The van der Waals surface area contributed by atoms with Gasteiger partial charge in [0, 0.05) is 12.5 Å². The maximum Gasteiger partial charge on any atom is 0.408 e. The van der Waals surface area contributed by atoms with E-state index in [1.54, 1.807) is 90.0 Å². The second-order valence-electron chi connectivity index (χ2n) is 22.1. The number of aliphatic hydroxyl groups is 6. The standard InChI is InChI=1S/C45H80N4O20/c1-16-23-28(52)30(54)25(49-41(59)69-45(13,14)15)36(61-23)63-32-20(3)60-37(31(32)55)65-34-27(51)21(47-39(57)67-43(7,8)9)17-22(48-40(58)68-44(10,11)12)33(34)64-35-19(2)26(50)29(53)24(62-35)18-46-38(56)66-42(4,5)6/h19-37,50-55H,16-18H2,1-15H3,(H,46,56)(H,47,57)(H,48,58)(H,49,59)/t19-,20-,21-,22+,23+,24-,25-,26-,27+,28?,29-,30-,31-,32-,33?,34-,35-,36?,37+/m1/s1. The molecule has 0 spiro atoms. The van der Waals surface area contributed by atoms with Gasteiger partial charge in [0.05, 0.1) is 30.4 Å². The molecule has 10 N–H and O–H groups in total. The van der Waals surface area contributed by atoms with Crippen LogP contribution in [-0.4, -0.2) is 194 Å². The number of carbonyl (C=O) groups is 4. The van der Waals surface area contributed by atoms with E-state index in [0.717, 1.165) is 0 Å². The van der Waals surface area contributed by atoms with Crippen LogP contribution in [0.2, 0.25) is 0 Å². The summed E-state index contributed by atoms with van der Waals surface area (Å²) >= 11 is 0. The number of hydrogen-bond donors (Lipinski definition) is 10. The molecule has 4 rings (SSSR count). The van der Waals surface area contributed by atoms with Gasteiger partial charge in [0.25, 0.3) is 0 Å². The quantitative estimate of drug-likeness (QED) is 0.123. The minimum atomic E-state index is -1.73. The molecule has 0 aromatic rings. The van der Waals surface area contributed by atoms with Gasteiger partial charge < -0.3 is 99.3 Å². The van der Waals surface area contributed by atoms with Crippen LogP contribution in [0.25, 0.3) is 0 Å². The Morgan fingerprint density at radius 3 is 1.46 bits per heavy atom. The first-order valence-electron chi connectivity index (χ1n) is 23.5. The summed E-state index contributed by atoms with van der Waals surface area (Å²) in [4.78, 5) is 52.3. The maximum absolute atomic E-state index is 13.5. The van der Waals surface area contributed by atoms with Crippen molar-refractivity contribution in [1.29, 1.82) is 0 Å². The molecule has 0 aromatic carbocycles. The Hall–Kier alpha value is -3.40. The molecule has 3 saturated heterocycles. The van der Waals surface area contributed by atoms with Gasteiger partial charge in [-0.1, -0.05) is 13.8 Å². The zero-order valence-corrected chi connectivity index (χ0v) is 42.5. The van der Waals surface area contributed by atoms with Crippen LogP contribution in [-0.2, 0) is 47.4 Å². The highest BCUT2D eigenvalue weighted by molar-refractivity contribution is 5.70. The maximum atomic E-state index is 13.5. The van der Waals surface area contributed by atoms with Gasteiger partial charge in [0.15, 0.2) is 18.9 Å². The number of hydrogen-bond acceptors (Lipinski definition) is 20. The second kappa shape index (κ2) is 23.0. The fourth-order valence-electron chi connectivity index (χ4n) is 8.18. The van der Waals surface area contributed by atoms with E-state index in [4.69, 9.17) is 47.4 Å². The molecule has 0 bridgehead atoms. The minimum Gasteiger partial charge on any atom is -0.444 e. The number of amides is 4. The molecule has 3 aliphatic heterocycles. The molecule has 24 heteroatoms. The van der Waals surface area contributed by atoms with Crippen molar-refractivity contribution in [2.45, 2.75) is 249 Å². The Kier molecular flexibility index (Phi) is 19.4. The predicted octanol–water partition coefficient (Wildman–Crippen LogP) is 1.16. The van der Waals surface area contributed by atoms with Gasteiger partial charge in [-0.2, -0.15) is 0 Å². The average Bonchev–Trinajstić information content (AvgIpc) is 3.44. The van der Waals surface area contributed by atoms with Gasteiger partial charge in [-0.25, -0.2) is 19.2 Å². The third-order valence-corrected chi connectivity index (χ3v) is 11.3. The molecule has 4 amide bonds. The number of aliphatic hydroxyl groups excluding tert-OH is 6. The number of rotatable bonds is 12. The van der Waals surface area contributed by atoms with Crippen LogP contribution in [0, 0.1) is 5.92 Å². The lowest BCUT2D eigenvalue weighted by atomic mass is 9.83. The molecule has 1 aliphatic carbocycles. The molecular formula is C45H80N4O20. The third kappa shape index (κ3) is 16.6. The minimum absolute atomic E-state index is 0.223. The first kappa shape index (κ1) is 58.2. The Labute approximate surface area is 404 Å². The number of nitrogens with one attached hydrogen (secondary N) is 4. The van der Waals surface area contributed by atoms with E-state index in [1.807, 2.05) is 0 Å². The summed E-state index contributed by atoms with van der Waals surface area (Å²) in [6.07, 6.45) is -25.5. The van der Waals surface area contributed by atoms with Crippen LogP contribution in [0.1, 0.15) is 117 Å². The van der Waals surface area contributed by atoms with E-state index in [0.29, 0.717) is 0 Å². The molecule has 69 heavy (non-hydrogen) atoms. The van der Waals surface area contributed by atoms with Crippen LogP contribution < -0.4 is 21.3 Å². The lowest BCUT2D eigenvalue weighted by Gasteiger charge is -2.48. The summed E-state index contributed by atoms with van der Waals surface area (Å²) in [5.41, 5.74) is -3.74. The van der Waals surface area contributed by atoms with Crippen molar-refractivity contribution in [3.8, 4) is 0 Å². The van der Waals surface area contributed by atoms with Crippen molar-refractivity contribution in [3.05, 3.63) is 0 Å². The third-order valence-electron chi connectivity index (χ3n) is 11.3. The van der Waals surface area contributed by atoms with E-state index in [2.05, 4.69) is 21.3 Å². The normalized spacial score (nSPS) is 37.8. The van der Waals surface area contributed by atoms with Crippen LogP contribution in [0.4, 0.5) is 19.2 Å².